The van der Waals surface area contributed by atoms with E-state index in [0.29, 0.717) is 30.3 Å². The topological polar surface area (TPSA) is 93.3 Å². The van der Waals surface area contributed by atoms with Gasteiger partial charge in [0.05, 0.1) is 40.6 Å². The summed E-state index contributed by atoms with van der Waals surface area (Å²) in [5.41, 5.74) is 3.02. The van der Waals surface area contributed by atoms with Gasteiger partial charge in [0, 0.05) is 17.4 Å². The Morgan fingerprint density at radius 2 is 1.91 bits per heavy atom. The predicted octanol–water partition coefficient (Wildman–Crippen LogP) is 3.08. The Hall–Kier alpha value is -3.23. The number of benzene rings is 2. The Morgan fingerprint density at radius 1 is 1.12 bits per heavy atom. The van der Waals surface area contributed by atoms with E-state index >= 15 is 0 Å². The highest BCUT2D eigenvalue weighted by atomic mass is 16.5. The molecule has 0 aliphatic carbocycles. The Balaban J connectivity index is 1.76. The van der Waals surface area contributed by atoms with Gasteiger partial charge in [-0.05, 0) is 48.4 Å². The molecule has 1 fully saturated rings. The maximum atomic E-state index is 13.7. The van der Waals surface area contributed by atoms with E-state index in [2.05, 4.69) is 4.98 Å². The molecule has 0 unspecified atom stereocenters. The predicted molar refractivity (Wildman–Crippen MR) is 120 cm³/mol. The third kappa shape index (κ3) is 3.76. The number of hydrogen-bond donors (Lipinski definition) is 2. The van der Waals surface area contributed by atoms with Gasteiger partial charge in [-0.3, -0.25) is 4.79 Å². The van der Waals surface area contributed by atoms with Crippen molar-refractivity contribution in [3.63, 3.8) is 0 Å². The van der Waals surface area contributed by atoms with Gasteiger partial charge in [-0.25, -0.2) is 0 Å². The molecule has 8 nitrogen and oxygen atoms in total. The van der Waals surface area contributed by atoms with Crippen molar-refractivity contribution in [2.45, 2.75) is 19.1 Å². The van der Waals surface area contributed by atoms with Crippen molar-refractivity contribution in [1.29, 1.82) is 0 Å². The summed E-state index contributed by atoms with van der Waals surface area (Å²) in [6, 6.07) is 10.7. The number of nitrogens with zero attached hydrogens (tertiary/aromatic N) is 1. The second kappa shape index (κ2) is 9.10. The van der Waals surface area contributed by atoms with Gasteiger partial charge in [-0.2, -0.15) is 0 Å². The molecule has 1 saturated heterocycles. The van der Waals surface area contributed by atoms with Crippen LogP contribution in [0, 0.1) is 6.92 Å². The van der Waals surface area contributed by atoms with Crippen LogP contribution >= 0.6 is 0 Å². The molecule has 3 aromatic rings. The van der Waals surface area contributed by atoms with Gasteiger partial charge in [-0.1, -0.05) is 6.07 Å². The largest absolute Gasteiger partial charge is 0.497 e. The number of rotatable bonds is 6. The van der Waals surface area contributed by atoms with E-state index in [4.69, 9.17) is 18.9 Å². The third-order valence-electron chi connectivity index (χ3n) is 6.02. The van der Waals surface area contributed by atoms with Gasteiger partial charge >= 0.3 is 0 Å². The number of carbonyl (C=O) groups excluding carboxylic acids is 1. The number of morpholine rings is 1. The maximum Gasteiger partial charge on any atom is 0.271 e. The SMILES string of the molecule is COc1ccc2[nH]c(C(=O)N3CCO[C@H](CO)[C@H]3c3ccc(OC)c(OC)c3)c(C)c2c1. The normalized spacial score (nSPS) is 18.6. The summed E-state index contributed by atoms with van der Waals surface area (Å²) in [4.78, 5) is 18.8. The molecule has 2 atom stereocenters. The molecule has 1 aromatic heterocycles. The molecule has 0 bridgehead atoms. The molecule has 32 heavy (non-hydrogen) atoms. The standard InChI is InChI=1S/C24H28N2O6/c1-14-17-12-16(29-2)6-7-18(17)25-22(14)24(28)26-9-10-32-21(13-27)23(26)15-5-8-19(30-3)20(11-15)31-4/h5-8,11-12,21,23,25,27H,9-10,13H2,1-4H3/t21-,23-/m1/s1. The molecule has 1 aliphatic rings. The molecule has 4 rings (SSSR count). The second-order valence-electron chi connectivity index (χ2n) is 7.69. The monoisotopic (exact) mass is 440 g/mol. The summed E-state index contributed by atoms with van der Waals surface area (Å²) in [6.45, 7) is 2.44. The average Bonchev–Trinajstić information content (AvgIpc) is 3.18. The van der Waals surface area contributed by atoms with Crippen LogP contribution in [-0.4, -0.2) is 68.1 Å². The van der Waals surface area contributed by atoms with Crippen LogP contribution in [0.2, 0.25) is 0 Å². The molecule has 0 spiro atoms. The number of hydrogen-bond acceptors (Lipinski definition) is 6. The minimum absolute atomic E-state index is 0.154. The number of amides is 1. The van der Waals surface area contributed by atoms with Crippen molar-refractivity contribution in [2.75, 3.05) is 41.1 Å². The van der Waals surface area contributed by atoms with E-state index in [0.717, 1.165) is 27.8 Å². The smallest absolute Gasteiger partial charge is 0.271 e. The molecule has 0 radical (unpaired) electrons. The van der Waals surface area contributed by atoms with Crippen LogP contribution in [0.5, 0.6) is 17.2 Å². The zero-order valence-corrected chi connectivity index (χ0v) is 18.7. The number of fused-ring (bicyclic) bond motifs is 1. The number of aliphatic hydroxyl groups excluding tert-OH is 1. The first-order valence-electron chi connectivity index (χ1n) is 10.4. The summed E-state index contributed by atoms with van der Waals surface area (Å²) < 4.78 is 21.9. The Labute approximate surface area is 186 Å². The molecule has 8 heteroatoms. The van der Waals surface area contributed by atoms with Crippen LogP contribution in [0.4, 0.5) is 0 Å². The summed E-state index contributed by atoms with van der Waals surface area (Å²) in [7, 11) is 4.75. The van der Waals surface area contributed by atoms with E-state index in [1.165, 1.54) is 0 Å². The first-order valence-corrected chi connectivity index (χ1v) is 10.4. The highest BCUT2D eigenvalue weighted by molar-refractivity contribution is 6.01. The van der Waals surface area contributed by atoms with Crippen LogP contribution in [0.25, 0.3) is 10.9 Å². The van der Waals surface area contributed by atoms with Crippen molar-refractivity contribution < 1.29 is 28.8 Å². The van der Waals surface area contributed by atoms with Crippen LogP contribution < -0.4 is 14.2 Å². The fourth-order valence-electron chi connectivity index (χ4n) is 4.34. The van der Waals surface area contributed by atoms with Crippen molar-refractivity contribution in [1.82, 2.24) is 9.88 Å². The van der Waals surface area contributed by atoms with Gasteiger partial charge in [0.1, 0.15) is 17.5 Å². The zero-order chi connectivity index (χ0) is 22.8. The Morgan fingerprint density at radius 3 is 2.59 bits per heavy atom. The summed E-state index contributed by atoms with van der Waals surface area (Å²) in [6.07, 6.45) is -0.560. The molecular weight excluding hydrogens is 412 g/mol. The minimum atomic E-state index is -0.560. The van der Waals surface area contributed by atoms with Gasteiger partial charge in [0.25, 0.3) is 5.91 Å². The number of nitrogens with one attached hydrogen (secondary N) is 1. The Bertz CT molecular complexity index is 1130. The van der Waals surface area contributed by atoms with Crippen molar-refractivity contribution in [2.24, 2.45) is 0 Å². The second-order valence-corrected chi connectivity index (χ2v) is 7.69. The van der Waals surface area contributed by atoms with E-state index in [-0.39, 0.29) is 12.5 Å². The van der Waals surface area contributed by atoms with Crippen LogP contribution in [-0.2, 0) is 4.74 Å². The lowest BCUT2D eigenvalue weighted by atomic mass is 9.97. The number of carbonyl (C=O) groups is 1. The fourth-order valence-corrected chi connectivity index (χ4v) is 4.34. The average molecular weight is 440 g/mol. The molecule has 1 aliphatic heterocycles. The molecular formula is C24H28N2O6. The lowest BCUT2D eigenvalue weighted by molar-refractivity contribution is -0.0813. The number of aromatic nitrogens is 1. The first-order chi connectivity index (χ1) is 15.5. The van der Waals surface area contributed by atoms with Crippen LogP contribution in [0.15, 0.2) is 36.4 Å². The summed E-state index contributed by atoms with van der Waals surface area (Å²) in [5, 5.41) is 10.9. The molecule has 2 heterocycles. The highest BCUT2D eigenvalue weighted by Gasteiger charge is 2.38. The van der Waals surface area contributed by atoms with Crippen molar-refractivity contribution in [3.8, 4) is 17.2 Å². The van der Waals surface area contributed by atoms with E-state index in [1.54, 1.807) is 32.3 Å². The highest BCUT2D eigenvalue weighted by Crippen LogP contribution is 2.37. The van der Waals surface area contributed by atoms with Gasteiger partial charge < -0.3 is 33.9 Å². The number of methoxy groups -OCH3 is 3. The lowest BCUT2D eigenvalue weighted by Gasteiger charge is -2.41. The molecule has 2 aromatic carbocycles. The lowest BCUT2D eigenvalue weighted by Crippen LogP contribution is -2.49. The molecule has 0 saturated carbocycles. The zero-order valence-electron chi connectivity index (χ0n) is 18.7. The quantitative estimate of drug-likeness (QED) is 0.612. The molecule has 2 N–H and O–H groups in total. The van der Waals surface area contributed by atoms with Crippen LogP contribution in [0.1, 0.15) is 27.7 Å². The van der Waals surface area contributed by atoms with E-state index in [9.17, 15) is 9.90 Å². The van der Waals surface area contributed by atoms with Crippen molar-refractivity contribution >= 4 is 16.8 Å². The van der Waals surface area contributed by atoms with Gasteiger partial charge in [-0.15, -0.1) is 0 Å². The van der Waals surface area contributed by atoms with E-state index in [1.807, 2.05) is 37.3 Å². The fraction of sp³-hybridized carbons (Fsp3) is 0.375. The first kappa shape index (κ1) is 22.0. The summed E-state index contributed by atoms with van der Waals surface area (Å²) in [5.74, 6) is 1.72. The molecule has 170 valence electrons. The number of H-pyrrole nitrogens is 1. The number of aromatic amines is 1. The minimum Gasteiger partial charge on any atom is -0.497 e. The van der Waals surface area contributed by atoms with Crippen molar-refractivity contribution in [3.05, 3.63) is 53.2 Å². The number of aliphatic hydroxyl groups is 1. The molecule has 1 amide bonds. The number of aryl methyl sites for hydroxylation is 1. The third-order valence-corrected chi connectivity index (χ3v) is 6.02. The van der Waals surface area contributed by atoms with Gasteiger partial charge in [0.15, 0.2) is 11.5 Å². The van der Waals surface area contributed by atoms with Gasteiger partial charge in [0.2, 0.25) is 0 Å². The van der Waals surface area contributed by atoms with E-state index < -0.39 is 12.1 Å². The summed E-state index contributed by atoms with van der Waals surface area (Å²) >= 11 is 0. The number of ether oxygens (including phenoxy) is 4. The van der Waals surface area contributed by atoms with Crippen LogP contribution in [0.3, 0.4) is 0 Å². The maximum absolute atomic E-state index is 13.7. The Kier molecular flexibility index (Phi) is 6.25.